The van der Waals surface area contributed by atoms with Crippen LogP contribution in [-0.2, 0) is 16.5 Å². The highest BCUT2D eigenvalue weighted by Gasteiger charge is 2.14. The Labute approximate surface area is 244 Å². The second kappa shape index (κ2) is 18.2. The molecule has 0 saturated carbocycles. The van der Waals surface area contributed by atoms with Crippen LogP contribution in [0, 0.1) is 7.14 Å². The van der Waals surface area contributed by atoms with Gasteiger partial charge in [0.1, 0.15) is 10.1 Å². The van der Waals surface area contributed by atoms with E-state index >= 15 is 0 Å². The summed E-state index contributed by atoms with van der Waals surface area (Å²) in [6.45, 7) is 2.23. The topological polar surface area (TPSA) is 57.2 Å². The zero-order valence-electron chi connectivity index (χ0n) is 21.5. The average Bonchev–Trinajstić information content (AvgIpc) is 2.88. The second-order valence-electron chi connectivity index (χ2n) is 8.96. The lowest BCUT2D eigenvalue weighted by Crippen LogP contribution is -3.61. The molecule has 0 bridgehead atoms. The molecule has 0 atom stereocenters. The van der Waals surface area contributed by atoms with Gasteiger partial charge in [-0.3, -0.25) is 0 Å². The number of rotatable bonds is 14. The molecule has 202 valence electrons. The van der Waals surface area contributed by atoms with E-state index in [9.17, 15) is 13.0 Å². The van der Waals surface area contributed by atoms with Crippen molar-refractivity contribution in [2.24, 2.45) is 0 Å². The van der Waals surface area contributed by atoms with Crippen molar-refractivity contribution in [2.75, 3.05) is 0 Å². The lowest BCUT2D eigenvalue weighted by atomic mass is 10.0. The summed E-state index contributed by atoms with van der Waals surface area (Å²) in [7, 11) is -4.35. The zero-order chi connectivity index (χ0) is 26.9. The van der Waals surface area contributed by atoms with Gasteiger partial charge in [-0.05, 0) is 73.0 Å². The van der Waals surface area contributed by atoms with Gasteiger partial charge in [0.2, 0.25) is 0 Å². The molecule has 0 aliphatic rings. The number of benzene rings is 3. The highest BCUT2D eigenvalue weighted by Crippen LogP contribution is 2.18. The molecule has 0 radical (unpaired) electrons. The summed E-state index contributed by atoms with van der Waals surface area (Å²) in [4.78, 5) is -0.0501. The lowest BCUT2D eigenvalue weighted by Gasteiger charge is -2.12. The maximum absolute atomic E-state index is 11.2. The first-order valence-electron chi connectivity index (χ1n) is 13.0. The molecule has 0 unspecified atom stereocenters. The standard InChI is InChI=1S/C18H30O3S.C12H8Cl2I/c1-2-3-4-5-6-7-8-9-10-11-14-17-15-12-13-16-18(17)22(19,20)21;13-9-1-5-11(6-2-9)15-12-7-3-10(14)4-8-12/h12-13,15-16H,2-11,14H2,1H3,(H,19,20,21);1-8H/q;+1/p-1. The Balaban J connectivity index is 0.000000278. The van der Waals surface area contributed by atoms with Crippen LogP contribution in [0.15, 0.2) is 77.7 Å². The van der Waals surface area contributed by atoms with E-state index in [1.165, 1.54) is 64.6 Å². The van der Waals surface area contributed by atoms with Gasteiger partial charge in [0, 0.05) is 10.0 Å². The van der Waals surface area contributed by atoms with Crippen LogP contribution < -0.4 is 21.2 Å². The van der Waals surface area contributed by atoms with Gasteiger partial charge < -0.3 is 4.55 Å². The Morgan fingerprint density at radius 3 is 1.54 bits per heavy atom. The van der Waals surface area contributed by atoms with E-state index in [2.05, 4.69) is 31.2 Å². The molecule has 3 nitrogen and oxygen atoms in total. The Hall–Kier alpha value is -1.12. The van der Waals surface area contributed by atoms with Gasteiger partial charge in [-0.1, -0.05) is 106 Å². The molecule has 37 heavy (non-hydrogen) atoms. The van der Waals surface area contributed by atoms with Gasteiger partial charge in [-0.15, -0.1) is 0 Å². The van der Waals surface area contributed by atoms with Crippen LogP contribution in [0.5, 0.6) is 0 Å². The molecule has 0 heterocycles. The van der Waals surface area contributed by atoms with Crippen LogP contribution in [-0.4, -0.2) is 13.0 Å². The van der Waals surface area contributed by atoms with Crippen molar-refractivity contribution in [3.63, 3.8) is 0 Å². The highest BCUT2D eigenvalue weighted by atomic mass is 127. The van der Waals surface area contributed by atoms with Gasteiger partial charge in [0.15, 0.2) is 7.14 Å². The first kappa shape index (κ1) is 32.1. The molecule has 0 aliphatic carbocycles. The first-order valence-corrected chi connectivity index (χ1v) is 17.3. The van der Waals surface area contributed by atoms with Crippen LogP contribution in [0.1, 0.15) is 76.7 Å². The first-order chi connectivity index (χ1) is 17.8. The molecular weight excluding hydrogens is 638 g/mol. The van der Waals surface area contributed by atoms with E-state index in [-0.39, 0.29) is 26.1 Å². The number of halogens is 3. The van der Waals surface area contributed by atoms with Gasteiger partial charge in [0.05, 0.1) is 4.90 Å². The quantitative estimate of drug-likeness (QED) is 0.117. The number of aryl methyl sites for hydroxylation is 1. The van der Waals surface area contributed by atoms with Crippen molar-refractivity contribution in [3.8, 4) is 0 Å². The molecule has 0 saturated heterocycles. The number of unbranched alkanes of at least 4 members (excludes halogenated alkanes) is 9. The maximum atomic E-state index is 11.2. The monoisotopic (exact) mass is 674 g/mol. The summed E-state index contributed by atoms with van der Waals surface area (Å²) in [6.07, 6.45) is 13.2. The largest absolute Gasteiger partial charge is 0.744 e. The third kappa shape index (κ3) is 14.0. The minimum absolute atomic E-state index is 0.0501. The van der Waals surface area contributed by atoms with E-state index in [0.29, 0.717) is 12.0 Å². The normalized spacial score (nSPS) is 11.1. The number of hydrogen-bond donors (Lipinski definition) is 0. The Bertz CT molecular complexity index is 1090. The van der Waals surface area contributed by atoms with Crippen LogP contribution in [0.4, 0.5) is 0 Å². The summed E-state index contributed by atoms with van der Waals surface area (Å²) < 4.78 is 36.3. The highest BCUT2D eigenvalue weighted by molar-refractivity contribution is 7.85. The fraction of sp³-hybridized carbons (Fsp3) is 0.400. The molecule has 3 aromatic carbocycles. The fourth-order valence-electron chi connectivity index (χ4n) is 3.87. The third-order valence-electron chi connectivity index (χ3n) is 5.87. The van der Waals surface area contributed by atoms with Gasteiger partial charge in [0.25, 0.3) is 0 Å². The Morgan fingerprint density at radius 1 is 0.649 bits per heavy atom. The van der Waals surface area contributed by atoms with Crippen molar-refractivity contribution in [1.29, 1.82) is 0 Å². The predicted molar refractivity (Wildman–Crippen MR) is 150 cm³/mol. The van der Waals surface area contributed by atoms with Gasteiger partial charge in [-0.25, -0.2) is 8.42 Å². The molecule has 0 spiro atoms. The summed E-state index contributed by atoms with van der Waals surface area (Å²) in [6, 6.07) is 22.7. The van der Waals surface area contributed by atoms with E-state index in [0.717, 1.165) is 22.9 Å². The number of hydrogen-bond acceptors (Lipinski definition) is 3. The molecule has 0 fully saturated rings. The van der Waals surface area contributed by atoms with Crippen LogP contribution >= 0.6 is 23.2 Å². The van der Waals surface area contributed by atoms with Crippen molar-refractivity contribution in [2.45, 2.75) is 82.4 Å². The van der Waals surface area contributed by atoms with E-state index < -0.39 is 10.1 Å². The predicted octanol–water partition coefficient (Wildman–Crippen LogP) is 6.18. The van der Waals surface area contributed by atoms with Gasteiger partial charge >= 0.3 is 21.2 Å². The molecule has 7 heteroatoms. The molecule has 0 aromatic heterocycles. The summed E-state index contributed by atoms with van der Waals surface area (Å²) >= 11 is 11.5. The Kier molecular flexibility index (Phi) is 15.8. The van der Waals surface area contributed by atoms with E-state index in [1.807, 2.05) is 24.3 Å². The Morgan fingerprint density at radius 2 is 1.08 bits per heavy atom. The summed E-state index contributed by atoms with van der Waals surface area (Å²) in [5, 5.41) is 1.58. The van der Waals surface area contributed by atoms with Crippen LogP contribution in [0.3, 0.4) is 0 Å². The SMILES string of the molecule is CCCCCCCCCCCCc1ccccc1S(=O)(=O)[O-].Clc1ccc([I+]c2ccc(Cl)cc2)cc1. The molecule has 0 aliphatic heterocycles. The van der Waals surface area contributed by atoms with E-state index in [1.54, 1.807) is 18.2 Å². The fourth-order valence-corrected chi connectivity index (χ4v) is 7.01. The van der Waals surface area contributed by atoms with Crippen LogP contribution in [0.2, 0.25) is 10.0 Å². The maximum Gasteiger partial charge on any atom is 0.357 e. The summed E-state index contributed by atoms with van der Waals surface area (Å²) in [5.41, 5.74) is 0.664. The zero-order valence-corrected chi connectivity index (χ0v) is 26.0. The molecule has 3 aromatic rings. The molecule has 0 amide bonds. The minimum Gasteiger partial charge on any atom is -0.744 e. The van der Waals surface area contributed by atoms with Crippen molar-refractivity contribution in [3.05, 3.63) is 95.5 Å². The lowest BCUT2D eigenvalue weighted by molar-refractivity contribution is -0.597. The molecule has 0 N–H and O–H groups in total. The molecular formula is C30H37Cl2IO3S. The minimum atomic E-state index is -4.35. The third-order valence-corrected chi connectivity index (χ3v) is 9.99. The average molecular weight is 676 g/mol. The second-order valence-corrected chi connectivity index (χ2v) is 14.2. The van der Waals surface area contributed by atoms with Crippen molar-refractivity contribution in [1.82, 2.24) is 0 Å². The van der Waals surface area contributed by atoms with E-state index in [4.69, 9.17) is 23.2 Å². The molecule has 3 rings (SSSR count). The van der Waals surface area contributed by atoms with Crippen LogP contribution in [0.25, 0.3) is 0 Å². The van der Waals surface area contributed by atoms with Gasteiger partial charge in [-0.2, -0.15) is 0 Å². The van der Waals surface area contributed by atoms with Crippen molar-refractivity contribution < 1.29 is 34.2 Å². The smallest absolute Gasteiger partial charge is 0.357 e. The summed E-state index contributed by atoms with van der Waals surface area (Å²) in [5.74, 6) is 0. The van der Waals surface area contributed by atoms with Crippen molar-refractivity contribution >= 4 is 33.3 Å².